The van der Waals surface area contributed by atoms with Crippen molar-refractivity contribution in [1.82, 2.24) is 10.2 Å². The Labute approximate surface area is 195 Å². The van der Waals surface area contributed by atoms with Crippen molar-refractivity contribution in [2.24, 2.45) is 0 Å². The van der Waals surface area contributed by atoms with Crippen LogP contribution in [0.5, 0.6) is 0 Å². The Morgan fingerprint density at radius 3 is 1.75 bits per heavy atom. The van der Waals surface area contributed by atoms with Gasteiger partial charge in [-0.25, -0.2) is 0 Å². The van der Waals surface area contributed by atoms with Crippen LogP contribution in [0.1, 0.15) is 18.3 Å². The predicted octanol–water partition coefficient (Wildman–Crippen LogP) is 1.01. The molecule has 0 aliphatic rings. The molecular formula is C26H26ClN2O2P. The number of nitrogens with one attached hydrogen (secondary N) is 1. The molecule has 0 fully saturated rings. The lowest BCUT2D eigenvalue weighted by Crippen LogP contribution is -3.00. The number of carbonyl (C=O) groups is 1. The number of hydrogen-bond acceptors (Lipinski definition) is 3. The zero-order valence-corrected chi connectivity index (χ0v) is 19.6. The molecule has 0 amide bonds. The van der Waals surface area contributed by atoms with Gasteiger partial charge in [-0.05, 0) is 49.4 Å². The standard InChI is InChI=1S/C26H26N2O2P.ClH/c1-2-30-26(29)19-21-18-22(28-27-21)20-31(23-12-6-3-7-13-23,24-14-8-4-9-15-24)25-16-10-5-11-17-25;/h3-18H,2,19-20H2,1H3,(H,27,28);1H/q+1;/p-1. The number of benzene rings is 3. The first-order chi connectivity index (χ1) is 15.2. The zero-order chi connectivity index (χ0) is 21.5. The van der Waals surface area contributed by atoms with Crippen molar-refractivity contribution < 1.29 is 21.9 Å². The summed E-state index contributed by atoms with van der Waals surface area (Å²) in [4.78, 5) is 11.9. The monoisotopic (exact) mass is 464 g/mol. The van der Waals surface area contributed by atoms with Crippen LogP contribution in [0.15, 0.2) is 97.1 Å². The number of H-pyrrole nitrogens is 1. The molecule has 0 bridgehead atoms. The van der Waals surface area contributed by atoms with Crippen molar-refractivity contribution in [3.05, 3.63) is 108 Å². The Kier molecular flexibility index (Phi) is 8.21. The van der Waals surface area contributed by atoms with Crippen molar-refractivity contribution in [3.8, 4) is 0 Å². The van der Waals surface area contributed by atoms with Gasteiger partial charge in [0.15, 0.2) is 0 Å². The van der Waals surface area contributed by atoms with Crippen molar-refractivity contribution in [1.29, 1.82) is 0 Å². The SMILES string of the molecule is CCOC(=O)Cc1cc(C[P+](c2ccccc2)(c2ccccc2)c2ccccc2)[nH]n1.[Cl-]. The molecule has 0 atom stereocenters. The predicted molar refractivity (Wildman–Crippen MR) is 128 cm³/mol. The Bertz CT molecular complexity index is 1020. The number of rotatable bonds is 8. The summed E-state index contributed by atoms with van der Waals surface area (Å²) >= 11 is 0. The van der Waals surface area contributed by atoms with Crippen molar-refractivity contribution in [3.63, 3.8) is 0 Å². The van der Waals surface area contributed by atoms with Crippen LogP contribution in [0.4, 0.5) is 0 Å². The number of carbonyl (C=O) groups excluding carboxylic acids is 1. The van der Waals surface area contributed by atoms with Crippen LogP contribution in [0.3, 0.4) is 0 Å². The molecule has 1 heterocycles. The quantitative estimate of drug-likeness (QED) is 0.313. The van der Waals surface area contributed by atoms with Gasteiger partial charge in [0.1, 0.15) is 29.3 Å². The maximum Gasteiger partial charge on any atom is 0.311 e. The zero-order valence-electron chi connectivity index (χ0n) is 17.9. The first-order valence-electron chi connectivity index (χ1n) is 10.5. The van der Waals surface area contributed by atoms with Crippen LogP contribution < -0.4 is 28.3 Å². The van der Waals surface area contributed by atoms with Crippen LogP contribution in [-0.2, 0) is 22.1 Å². The molecule has 4 rings (SSSR count). The van der Waals surface area contributed by atoms with Crippen LogP contribution >= 0.6 is 7.26 Å². The number of ether oxygens (including phenoxy) is 1. The normalized spacial score (nSPS) is 10.9. The van der Waals surface area contributed by atoms with Crippen molar-refractivity contribution in [2.75, 3.05) is 6.61 Å². The van der Waals surface area contributed by atoms with E-state index in [1.165, 1.54) is 15.9 Å². The van der Waals surface area contributed by atoms with Gasteiger partial charge in [-0.3, -0.25) is 9.89 Å². The fourth-order valence-corrected chi connectivity index (χ4v) is 8.12. The highest BCUT2D eigenvalue weighted by molar-refractivity contribution is 7.95. The lowest BCUT2D eigenvalue weighted by atomic mass is 10.3. The van der Waals surface area contributed by atoms with Gasteiger partial charge in [-0.2, -0.15) is 5.10 Å². The molecule has 6 heteroatoms. The largest absolute Gasteiger partial charge is 1.00 e. The van der Waals surface area contributed by atoms with Crippen molar-refractivity contribution >= 4 is 29.1 Å². The minimum absolute atomic E-state index is 0. The van der Waals surface area contributed by atoms with E-state index >= 15 is 0 Å². The summed E-state index contributed by atoms with van der Waals surface area (Å²) < 4.78 is 5.08. The number of aromatic amines is 1. The maximum absolute atomic E-state index is 11.9. The average molecular weight is 465 g/mol. The second-order valence-corrected chi connectivity index (χ2v) is 10.8. The highest BCUT2D eigenvalue weighted by atomic mass is 35.5. The van der Waals surface area contributed by atoms with E-state index in [1.54, 1.807) is 0 Å². The minimum Gasteiger partial charge on any atom is -1.00 e. The third-order valence-corrected chi connectivity index (χ3v) is 9.67. The lowest BCUT2D eigenvalue weighted by molar-refractivity contribution is -0.142. The fraction of sp³-hybridized carbons (Fsp3) is 0.154. The molecule has 0 aliphatic carbocycles. The van der Waals surface area contributed by atoms with E-state index in [0.29, 0.717) is 12.3 Å². The molecule has 0 aliphatic heterocycles. The van der Waals surface area contributed by atoms with E-state index in [-0.39, 0.29) is 24.8 Å². The molecule has 0 unspecified atom stereocenters. The highest BCUT2D eigenvalue weighted by Crippen LogP contribution is 2.57. The van der Waals surface area contributed by atoms with E-state index in [4.69, 9.17) is 4.74 Å². The first-order valence-corrected chi connectivity index (χ1v) is 12.4. The molecule has 3 aromatic carbocycles. The third-order valence-electron chi connectivity index (χ3n) is 5.31. The summed E-state index contributed by atoms with van der Waals surface area (Å²) in [7, 11) is -2.00. The summed E-state index contributed by atoms with van der Waals surface area (Å²) in [5, 5.41) is 11.5. The Morgan fingerprint density at radius 1 is 0.844 bits per heavy atom. The maximum atomic E-state index is 11.9. The second kappa shape index (κ2) is 11.1. The molecule has 0 saturated carbocycles. The molecule has 4 nitrogen and oxygen atoms in total. The smallest absolute Gasteiger partial charge is 0.311 e. The Hall–Kier alpha value is -2.94. The van der Waals surface area contributed by atoms with Crippen LogP contribution in [0.25, 0.3) is 0 Å². The van der Waals surface area contributed by atoms with Crippen LogP contribution in [-0.4, -0.2) is 22.8 Å². The van der Waals surface area contributed by atoms with Crippen LogP contribution in [0, 0.1) is 0 Å². The molecule has 4 aromatic rings. The minimum atomic E-state index is -2.00. The second-order valence-electron chi connectivity index (χ2n) is 7.34. The third kappa shape index (κ3) is 5.09. The number of nitrogens with zero attached hydrogens (tertiary/aromatic N) is 1. The average Bonchev–Trinajstić information content (AvgIpc) is 3.26. The lowest BCUT2D eigenvalue weighted by Gasteiger charge is -2.27. The van der Waals surface area contributed by atoms with Crippen molar-refractivity contribution in [2.45, 2.75) is 19.5 Å². The van der Waals surface area contributed by atoms with E-state index in [2.05, 4.69) is 101 Å². The molecule has 0 radical (unpaired) electrons. The summed E-state index contributed by atoms with van der Waals surface area (Å²) in [6.45, 7) is 2.19. The first kappa shape index (κ1) is 23.7. The number of aromatic nitrogens is 2. The van der Waals surface area contributed by atoms with Gasteiger partial charge in [-0.15, -0.1) is 0 Å². The van der Waals surface area contributed by atoms with Crippen LogP contribution in [0.2, 0.25) is 0 Å². The molecule has 164 valence electrons. The van der Waals surface area contributed by atoms with Gasteiger partial charge in [0.25, 0.3) is 0 Å². The van der Waals surface area contributed by atoms with E-state index in [0.717, 1.165) is 11.9 Å². The molecule has 32 heavy (non-hydrogen) atoms. The van der Waals surface area contributed by atoms with Gasteiger partial charge >= 0.3 is 5.97 Å². The molecule has 1 N–H and O–H groups in total. The van der Waals surface area contributed by atoms with Gasteiger partial charge in [-0.1, -0.05) is 54.6 Å². The van der Waals surface area contributed by atoms with Gasteiger partial charge in [0, 0.05) is 0 Å². The summed E-state index contributed by atoms with van der Waals surface area (Å²) in [5.74, 6) is -0.254. The van der Waals surface area contributed by atoms with Gasteiger partial charge < -0.3 is 17.1 Å². The number of esters is 1. The van der Waals surface area contributed by atoms with Gasteiger partial charge in [0.2, 0.25) is 0 Å². The summed E-state index contributed by atoms with van der Waals surface area (Å²) in [5.41, 5.74) is 1.73. The summed E-state index contributed by atoms with van der Waals surface area (Å²) in [6, 6.07) is 34.2. The van der Waals surface area contributed by atoms with E-state index in [1.807, 2.05) is 13.0 Å². The Balaban J connectivity index is 0.00000289. The molecule has 0 saturated heterocycles. The molecule has 1 aromatic heterocycles. The Morgan fingerprint density at radius 2 is 1.31 bits per heavy atom. The summed E-state index contributed by atoms with van der Waals surface area (Å²) in [6.07, 6.45) is 0.971. The number of halogens is 1. The van der Waals surface area contributed by atoms with E-state index in [9.17, 15) is 4.79 Å². The van der Waals surface area contributed by atoms with E-state index < -0.39 is 7.26 Å². The molecule has 0 spiro atoms. The molecular weight excluding hydrogens is 439 g/mol. The fourth-order valence-electron chi connectivity index (χ4n) is 3.96. The van der Waals surface area contributed by atoms with Gasteiger partial charge in [0.05, 0.1) is 24.4 Å². The topological polar surface area (TPSA) is 55.0 Å². The highest BCUT2D eigenvalue weighted by Gasteiger charge is 2.45. The number of hydrogen-bond donors (Lipinski definition) is 1.